The van der Waals surface area contributed by atoms with Gasteiger partial charge in [-0.15, -0.1) is 0 Å². The van der Waals surface area contributed by atoms with Crippen LogP contribution in [0.1, 0.15) is 63.2 Å². The molecule has 2 N–H and O–H groups in total. The third-order valence-electron chi connectivity index (χ3n) is 5.06. The molecule has 0 unspecified atom stereocenters. The maximum Gasteiger partial charge on any atom is 0.237 e. The van der Waals surface area contributed by atoms with Crippen LogP contribution in [-0.4, -0.2) is 10.1 Å². The first-order valence-electron chi connectivity index (χ1n) is 7.84. The Balaban J connectivity index is 2.02. The first kappa shape index (κ1) is 14.3. The molecule has 1 aliphatic rings. The zero-order valence-corrected chi connectivity index (χ0v) is 12.8. The van der Waals surface area contributed by atoms with Gasteiger partial charge in [-0.2, -0.15) is 4.98 Å². The second kappa shape index (κ2) is 5.26. The molecule has 112 valence electrons. The van der Waals surface area contributed by atoms with Gasteiger partial charge in [0.2, 0.25) is 5.89 Å². The van der Waals surface area contributed by atoms with Crippen LogP contribution in [0.25, 0.3) is 0 Å². The summed E-state index contributed by atoms with van der Waals surface area (Å²) in [4.78, 5) is 4.69. The van der Waals surface area contributed by atoms with Crippen molar-refractivity contribution in [3.8, 4) is 0 Å². The summed E-state index contributed by atoms with van der Waals surface area (Å²) < 4.78 is 5.65. The van der Waals surface area contributed by atoms with Crippen molar-refractivity contribution in [2.24, 2.45) is 5.73 Å². The molecular formula is C17H23N3O. The molecule has 1 heterocycles. The standard InChI is InChI=1S/C17H23N3O/c1-3-16(4-2,13-9-6-5-7-10-13)15-19-14(20-21-15)17(18)11-8-12-17/h5-7,9-10H,3-4,8,11-12,18H2,1-2H3. The molecular weight excluding hydrogens is 262 g/mol. The highest BCUT2D eigenvalue weighted by Crippen LogP contribution is 2.41. The summed E-state index contributed by atoms with van der Waals surface area (Å²) in [6, 6.07) is 10.4. The highest BCUT2D eigenvalue weighted by Gasteiger charge is 2.42. The van der Waals surface area contributed by atoms with Crippen LogP contribution in [-0.2, 0) is 11.0 Å². The summed E-state index contributed by atoms with van der Waals surface area (Å²) >= 11 is 0. The van der Waals surface area contributed by atoms with Crippen molar-refractivity contribution in [3.05, 3.63) is 47.6 Å². The summed E-state index contributed by atoms with van der Waals surface area (Å²) in [5.41, 5.74) is 6.96. The van der Waals surface area contributed by atoms with Crippen LogP contribution in [0.15, 0.2) is 34.9 Å². The first-order chi connectivity index (χ1) is 10.1. The fourth-order valence-electron chi connectivity index (χ4n) is 3.24. The normalized spacial score (nSPS) is 17.5. The van der Waals surface area contributed by atoms with Gasteiger partial charge in [0.15, 0.2) is 5.82 Å². The molecule has 1 saturated carbocycles. The van der Waals surface area contributed by atoms with Crippen LogP contribution in [0.2, 0.25) is 0 Å². The zero-order chi connectivity index (χ0) is 14.9. The van der Waals surface area contributed by atoms with E-state index in [0.29, 0.717) is 11.7 Å². The average Bonchev–Trinajstić information content (AvgIpc) is 2.99. The summed E-state index contributed by atoms with van der Waals surface area (Å²) in [6.07, 6.45) is 4.89. The molecule has 2 aromatic rings. The fourth-order valence-corrected chi connectivity index (χ4v) is 3.24. The van der Waals surface area contributed by atoms with E-state index in [2.05, 4.69) is 43.3 Å². The largest absolute Gasteiger partial charge is 0.338 e. The highest BCUT2D eigenvalue weighted by atomic mass is 16.5. The van der Waals surface area contributed by atoms with Gasteiger partial charge < -0.3 is 10.3 Å². The van der Waals surface area contributed by atoms with Crippen molar-refractivity contribution in [1.82, 2.24) is 10.1 Å². The van der Waals surface area contributed by atoms with Crippen LogP contribution in [0.3, 0.4) is 0 Å². The molecule has 0 saturated heterocycles. The first-order valence-corrected chi connectivity index (χ1v) is 7.84. The second-order valence-electron chi connectivity index (χ2n) is 6.09. The van der Waals surface area contributed by atoms with E-state index in [1.807, 2.05) is 6.07 Å². The molecule has 1 aliphatic carbocycles. The van der Waals surface area contributed by atoms with Crippen LogP contribution < -0.4 is 5.73 Å². The molecule has 4 heteroatoms. The predicted octanol–water partition coefficient (Wildman–Crippen LogP) is 3.51. The van der Waals surface area contributed by atoms with Gasteiger partial charge >= 0.3 is 0 Å². The van der Waals surface area contributed by atoms with Gasteiger partial charge in [0, 0.05) is 0 Å². The van der Waals surface area contributed by atoms with Crippen molar-refractivity contribution in [1.29, 1.82) is 0 Å². The second-order valence-corrected chi connectivity index (χ2v) is 6.09. The van der Waals surface area contributed by atoms with E-state index >= 15 is 0 Å². The monoisotopic (exact) mass is 285 g/mol. The number of hydrogen-bond donors (Lipinski definition) is 1. The van der Waals surface area contributed by atoms with Gasteiger partial charge in [0.1, 0.15) is 0 Å². The SMILES string of the molecule is CCC(CC)(c1ccccc1)c1nc(C2(N)CCC2)no1. The maximum atomic E-state index is 6.32. The average molecular weight is 285 g/mol. The third-order valence-corrected chi connectivity index (χ3v) is 5.06. The molecule has 1 aromatic carbocycles. The van der Waals surface area contributed by atoms with Crippen LogP contribution in [0.5, 0.6) is 0 Å². The summed E-state index contributed by atoms with van der Waals surface area (Å²) in [5.74, 6) is 1.37. The van der Waals surface area contributed by atoms with Gasteiger partial charge in [-0.25, -0.2) is 0 Å². The molecule has 1 fully saturated rings. The lowest BCUT2D eigenvalue weighted by atomic mass is 9.75. The Morgan fingerprint density at radius 2 is 1.86 bits per heavy atom. The van der Waals surface area contributed by atoms with Crippen LogP contribution in [0, 0.1) is 0 Å². The topological polar surface area (TPSA) is 64.9 Å². The van der Waals surface area contributed by atoms with Gasteiger partial charge in [0.25, 0.3) is 0 Å². The van der Waals surface area contributed by atoms with Crippen LogP contribution in [0.4, 0.5) is 0 Å². The molecule has 0 aliphatic heterocycles. The number of aromatic nitrogens is 2. The third kappa shape index (κ3) is 2.18. The maximum absolute atomic E-state index is 6.32. The highest BCUT2D eigenvalue weighted by molar-refractivity contribution is 5.32. The molecule has 4 nitrogen and oxygen atoms in total. The molecule has 0 atom stereocenters. The van der Waals surface area contributed by atoms with E-state index in [1.54, 1.807) is 0 Å². The Morgan fingerprint density at radius 1 is 1.19 bits per heavy atom. The van der Waals surface area contributed by atoms with Gasteiger partial charge in [-0.3, -0.25) is 0 Å². The number of hydrogen-bond acceptors (Lipinski definition) is 4. The fraction of sp³-hybridized carbons (Fsp3) is 0.529. The Bertz CT molecular complexity index is 598. The van der Waals surface area contributed by atoms with E-state index in [4.69, 9.17) is 15.2 Å². The minimum Gasteiger partial charge on any atom is -0.338 e. The number of nitrogens with two attached hydrogens (primary N) is 1. The Hall–Kier alpha value is -1.68. The number of rotatable bonds is 5. The number of nitrogens with zero attached hydrogens (tertiary/aromatic N) is 2. The van der Waals surface area contributed by atoms with Gasteiger partial charge in [0.05, 0.1) is 11.0 Å². The quantitative estimate of drug-likeness (QED) is 0.913. The Kier molecular flexibility index (Phi) is 3.57. The molecule has 1 aromatic heterocycles. The molecule has 0 bridgehead atoms. The Morgan fingerprint density at radius 3 is 2.38 bits per heavy atom. The molecule has 21 heavy (non-hydrogen) atoms. The Labute approximate surface area is 125 Å². The van der Waals surface area contributed by atoms with E-state index in [0.717, 1.165) is 32.1 Å². The van der Waals surface area contributed by atoms with Crippen molar-refractivity contribution < 1.29 is 4.52 Å². The van der Waals surface area contributed by atoms with Gasteiger partial charge in [-0.05, 0) is 37.7 Å². The van der Waals surface area contributed by atoms with Gasteiger partial charge in [-0.1, -0.05) is 49.3 Å². The lowest BCUT2D eigenvalue weighted by Crippen LogP contribution is -2.44. The predicted molar refractivity (Wildman–Crippen MR) is 81.8 cm³/mol. The van der Waals surface area contributed by atoms with E-state index in [-0.39, 0.29) is 11.0 Å². The van der Waals surface area contributed by atoms with Crippen molar-refractivity contribution in [2.75, 3.05) is 0 Å². The minimum absolute atomic E-state index is 0.216. The van der Waals surface area contributed by atoms with E-state index in [1.165, 1.54) is 5.56 Å². The molecule has 0 spiro atoms. The lowest BCUT2D eigenvalue weighted by Gasteiger charge is -2.34. The number of benzene rings is 1. The van der Waals surface area contributed by atoms with E-state index in [9.17, 15) is 0 Å². The van der Waals surface area contributed by atoms with Crippen LogP contribution >= 0.6 is 0 Å². The molecule has 3 rings (SSSR count). The summed E-state index contributed by atoms with van der Waals surface area (Å²) in [7, 11) is 0. The minimum atomic E-state index is -0.369. The van der Waals surface area contributed by atoms with Crippen molar-refractivity contribution in [3.63, 3.8) is 0 Å². The smallest absolute Gasteiger partial charge is 0.237 e. The summed E-state index contributed by atoms with van der Waals surface area (Å²) in [5, 5.41) is 4.19. The lowest BCUT2D eigenvalue weighted by molar-refractivity contribution is 0.227. The molecule has 0 amide bonds. The van der Waals surface area contributed by atoms with Crippen molar-refractivity contribution >= 4 is 0 Å². The zero-order valence-electron chi connectivity index (χ0n) is 12.8. The van der Waals surface area contributed by atoms with Crippen molar-refractivity contribution in [2.45, 2.75) is 56.9 Å². The van der Waals surface area contributed by atoms with E-state index < -0.39 is 0 Å². The molecule has 0 radical (unpaired) electrons. The summed E-state index contributed by atoms with van der Waals surface area (Å²) in [6.45, 7) is 4.34.